The van der Waals surface area contributed by atoms with Crippen molar-refractivity contribution in [3.8, 4) is 0 Å². The Kier molecular flexibility index (Phi) is 6.35. The van der Waals surface area contributed by atoms with Crippen LogP contribution >= 0.6 is 0 Å². The Balaban J connectivity index is 0.00000196. The summed E-state index contributed by atoms with van der Waals surface area (Å²) in [5.74, 6) is -0.127. The third-order valence-corrected chi connectivity index (χ3v) is 2.95. The lowest BCUT2D eigenvalue weighted by Gasteiger charge is -2.37. The van der Waals surface area contributed by atoms with Gasteiger partial charge in [0, 0.05) is 6.92 Å². The summed E-state index contributed by atoms with van der Waals surface area (Å²) in [7, 11) is 2.12. The molecular weight excluding hydrogens is 307 g/mol. The largest absolute Gasteiger partial charge is 1.00 e. The fourth-order valence-corrected chi connectivity index (χ4v) is 2.01. The van der Waals surface area contributed by atoms with Crippen LogP contribution in [-0.2, 0) is 4.79 Å². The van der Waals surface area contributed by atoms with Crippen LogP contribution in [0.4, 0.5) is 0 Å². The van der Waals surface area contributed by atoms with Crippen LogP contribution in [0.25, 0.3) is 0 Å². The van der Waals surface area contributed by atoms with Crippen molar-refractivity contribution in [2.45, 2.75) is 26.2 Å². The predicted octanol–water partition coefficient (Wildman–Crippen LogP) is -1.96. The monoisotopic (exact) mass is 326 g/mol. The van der Waals surface area contributed by atoms with Gasteiger partial charge in [0.05, 0.1) is 20.1 Å². The standard InChI is InChI=1S/C10H18N2O2.HI/c1-9(13)10(11-14)8-12(2)6-4-3-5-7-12;/h3-8H2,1-2H3;1H. The summed E-state index contributed by atoms with van der Waals surface area (Å²) in [6.45, 7) is 4.16. The fraction of sp³-hybridized carbons (Fsp3) is 0.800. The van der Waals surface area contributed by atoms with E-state index < -0.39 is 0 Å². The van der Waals surface area contributed by atoms with Crippen molar-refractivity contribution in [1.29, 1.82) is 0 Å². The molecule has 0 aromatic rings. The van der Waals surface area contributed by atoms with Crippen LogP contribution in [0.3, 0.4) is 0 Å². The molecule has 0 bridgehead atoms. The molecule has 0 spiro atoms. The van der Waals surface area contributed by atoms with E-state index in [1.807, 2.05) is 0 Å². The summed E-state index contributed by atoms with van der Waals surface area (Å²) < 4.78 is 0.832. The van der Waals surface area contributed by atoms with Crippen LogP contribution in [0.15, 0.2) is 5.16 Å². The molecule has 1 N–H and O–H groups in total. The summed E-state index contributed by atoms with van der Waals surface area (Å²) in [6.07, 6.45) is 3.68. The predicted molar refractivity (Wildman–Crippen MR) is 54.5 cm³/mol. The minimum absolute atomic E-state index is 0. The number of nitrogens with zero attached hydrogens (tertiary/aromatic N) is 2. The van der Waals surface area contributed by atoms with Gasteiger partial charge in [0.2, 0.25) is 0 Å². The molecule has 0 atom stereocenters. The van der Waals surface area contributed by atoms with Crippen molar-refractivity contribution >= 4 is 11.5 Å². The molecule has 1 rings (SSSR count). The number of halogens is 1. The molecule has 1 heterocycles. The van der Waals surface area contributed by atoms with E-state index in [4.69, 9.17) is 5.21 Å². The maximum absolute atomic E-state index is 11.1. The van der Waals surface area contributed by atoms with E-state index in [9.17, 15) is 4.79 Å². The molecule has 0 aromatic carbocycles. The van der Waals surface area contributed by atoms with Gasteiger partial charge >= 0.3 is 0 Å². The van der Waals surface area contributed by atoms with E-state index in [0.717, 1.165) is 17.6 Å². The molecular formula is C10H19IN2O2. The van der Waals surface area contributed by atoms with Gasteiger partial charge in [-0.1, -0.05) is 5.16 Å². The van der Waals surface area contributed by atoms with Gasteiger partial charge < -0.3 is 33.7 Å². The highest BCUT2D eigenvalue weighted by atomic mass is 127. The summed E-state index contributed by atoms with van der Waals surface area (Å²) >= 11 is 0. The average molecular weight is 326 g/mol. The van der Waals surface area contributed by atoms with Crippen LogP contribution in [0.1, 0.15) is 26.2 Å². The van der Waals surface area contributed by atoms with Crippen molar-refractivity contribution in [3.05, 3.63) is 0 Å². The zero-order chi connectivity index (χ0) is 10.6. The zero-order valence-corrected chi connectivity index (χ0v) is 11.5. The maximum atomic E-state index is 11.1. The SMILES string of the molecule is CC(=O)/C(C[N+]1(C)CCCCC1)=N\O.[I-]. The first-order chi connectivity index (χ1) is 6.57. The van der Waals surface area contributed by atoms with Crippen molar-refractivity contribution < 1.29 is 38.5 Å². The van der Waals surface area contributed by atoms with E-state index in [-0.39, 0.29) is 29.8 Å². The molecule has 88 valence electrons. The number of rotatable bonds is 3. The first-order valence-corrected chi connectivity index (χ1v) is 5.13. The van der Waals surface area contributed by atoms with Gasteiger partial charge in [0.1, 0.15) is 6.54 Å². The zero-order valence-electron chi connectivity index (χ0n) is 9.37. The van der Waals surface area contributed by atoms with Crippen molar-refractivity contribution in [1.82, 2.24) is 0 Å². The van der Waals surface area contributed by atoms with Gasteiger partial charge in [-0.3, -0.25) is 4.79 Å². The number of oxime groups is 1. The quantitative estimate of drug-likeness (QED) is 0.215. The number of carbonyl (C=O) groups is 1. The molecule has 1 aliphatic rings. The molecule has 0 radical (unpaired) electrons. The van der Waals surface area contributed by atoms with Gasteiger partial charge in [0.15, 0.2) is 11.5 Å². The van der Waals surface area contributed by atoms with Gasteiger partial charge in [-0.15, -0.1) is 0 Å². The van der Waals surface area contributed by atoms with E-state index >= 15 is 0 Å². The average Bonchev–Trinajstić information content (AvgIpc) is 2.15. The number of hydrogen-bond donors (Lipinski definition) is 1. The topological polar surface area (TPSA) is 49.7 Å². The first kappa shape index (κ1) is 14.8. The molecule has 1 saturated heterocycles. The number of ketones is 1. The molecule has 5 heteroatoms. The van der Waals surface area contributed by atoms with Gasteiger partial charge in [-0.2, -0.15) is 0 Å². The van der Waals surface area contributed by atoms with Gasteiger partial charge in [-0.05, 0) is 19.3 Å². The van der Waals surface area contributed by atoms with Crippen LogP contribution in [0.5, 0.6) is 0 Å². The van der Waals surface area contributed by atoms with Crippen LogP contribution in [0.2, 0.25) is 0 Å². The summed E-state index contributed by atoms with van der Waals surface area (Å²) in [4.78, 5) is 11.1. The first-order valence-electron chi connectivity index (χ1n) is 5.13. The number of quaternary nitrogens is 1. The van der Waals surface area contributed by atoms with E-state index in [1.165, 1.54) is 26.2 Å². The third-order valence-electron chi connectivity index (χ3n) is 2.95. The fourth-order valence-electron chi connectivity index (χ4n) is 2.01. The smallest absolute Gasteiger partial charge is 0.183 e. The Bertz CT molecular complexity index is 248. The van der Waals surface area contributed by atoms with E-state index in [2.05, 4.69) is 12.2 Å². The Morgan fingerprint density at radius 1 is 1.33 bits per heavy atom. The number of Topliss-reactive ketones (excluding diaryl/α,β-unsaturated/α-hetero) is 1. The second-order valence-electron chi connectivity index (χ2n) is 4.39. The molecule has 1 aliphatic heterocycles. The molecule has 0 aliphatic carbocycles. The van der Waals surface area contributed by atoms with Crippen molar-refractivity contribution in [2.75, 3.05) is 26.7 Å². The van der Waals surface area contributed by atoms with Crippen LogP contribution in [0, 0.1) is 0 Å². The number of likely N-dealkylation sites (tertiary alicyclic amines) is 1. The minimum Gasteiger partial charge on any atom is -1.00 e. The molecule has 15 heavy (non-hydrogen) atoms. The Labute approximate surface area is 108 Å². The number of hydrogen-bond acceptors (Lipinski definition) is 3. The van der Waals surface area contributed by atoms with Gasteiger partial charge in [0.25, 0.3) is 0 Å². The van der Waals surface area contributed by atoms with Crippen molar-refractivity contribution in [2.24, 2.45) is 5.16 Å². The Morgan fingerprint density at radius 2 is 1.87 bits per heavy atom. The van der Waals surface area contributed by atoms with Gasteiger partial charge in [-0.25, -0.2) is 0 Å². The molecule has 4 nitrogen and oxygen atoms in total. The normalized spacial score (nSPS) is 20.5. The number of piperidine rings is 1. The lowest BCUT2D eigenvalue weighted by Crippen LogP contribution is -3.00. The maximum Gasteiger partial charge on any atom is 0.183 e. The lowest BCUT2D eigenvalue weighted by atomic mass is 10.1. The molecule has 0 aromatic heterocycles. The summed E-state index contributed by atoms with van der Waals surface area (Å²) in [5.41, 5.74) is 0.300. The highest BCUT2D eigenvalue weighted by molar-refractivity contribution is 6.39. The molecule has 0 unspecified atom stereocenters. The minimum atomic E-state index is -0.127. The highest BCUT2D eigenvalue weighted by Crippen LogP contribution is 2.16. The van der Waals surface area contributed by atoms with E-state index in [0.29, 0.717) is 12.3 Å². The molecule has 0 amide bonds. The Hall–Kier alpha value is -0.170. The second-order valence-corrected chi connectivity index (χ2v) is 4.39. The Morgan fingerprint density at radius 3 is 2.27 bits per heavy atom. The summed E-state index contributed by atoms with van der Waals surface area (Å²) in [6, 6.07) is 0. The molecule has 0 saturated carbocycles. The van der Waals surface area contributed by atoms with E-state index in [1.54, 1.807) is 0 Å². The third kappa shape index (κ3) is 4.46. The summed E-state index contributed by atoms with van der Waals surface area (Å²) in [5, 5.41) is 11.8. The second kappa shape index (κ2) is 6.42. The molecule has 1 fully saturated rings. The highest BCUT2D eigenvalue weighted by Gasteiger charge is 2.28. The van der Waals surface area contributed by atoms with Crippen LogP contribution < -0.4 is 24.0 Å². The van der Waals surface area contributed by atoms with Crippen molar-refractivity contribution in [3.63, 3.8) is 0 Å². The lowest BCUT2D eigenvalue weighted by molar-refractivity contribution is -0.905. The number of carbonyl (C=O) groups excluding carboxylic acids is 1. The van der Waals surface area contributed by atoms with Crippen LogP contribution in [-0.4, -0.2) is 47.9 Å².